The smallest absolute Gasteiger partial charge is 0.194 e. The summed E-state index contributed by atoms with van der Waals surface area (Å²) in [5.74, 6) is 1.83. The Balaban J connectivity index is 1.67. The van der Waals surface area contributed by atoms with Crippen LogP contribution in [0.15, 0.2) is 53.7 Å². The molecule has 1 aromatic heterocycles. The lowest BCUT2D eigenvalue weighted by atomic mass is 10.1. The van der Waals surface area contributed by atoms with Gasteiger partial charge in [-0.15, -0.1) is 10.2 Å². The second kappa shape index (κ2) is 5.74. The topological polar surface area (TPSA) is 34.0 Å². The third kappa shape index (κ3) is 2.72. The van der Waals surface area contributed by atoms with Crippen LogP contribution in [-0.4, -0.2) is 20.6 Å². The second-order valence-electron chi connectivity index (χ2n) is 5.89. The van der Waals surface area contributed by atoms with Crippen LogP contribution in [-0.2, 0) is 6.67 Å². The summed E-state index contributed by atoms with van der Waals surface area (Å²) in [5, 5.41) is 9.74. The number of rotatable bonds is 2. The number of aryl methyl sites for hydroxylation is 2. The Morgan fingerprint density at radius 3 is 2.22 bits per heavy atom. The van der Waals surface area contributed by atoms with E-state index in [4.69, 9.17) is 0 Å². The summed E-state index contributed by atoms with van der Waals surface area (Å²) in [5.41, 5.74) is 4.88. The number of aromatic nitrogens is 3. The molecule has 0 unspecified atom stereocenters. The Morgan fingerprint density at radius 1 is 0.870 bits per heavy atom. The zero-order chi connectivity index (χ0) is 15.8. The van der Waals surface area contributed by atoms with E-state index in [9.17, 15) is 0 Å². The molecule has 1 aliphatic heterocycles. The summed E-state index contributed by atoms with van der Waals surface area (Å²) < 4.78 is 2.19. The van der Waals surface area contributed by atoms with Gasteiger partial charge in [0.15, 0.2) is 11.0 Å². The summed E-state index contributed by atoms with van der Waals surface area (Å²) in [6.07, 6.45) is 0. The van der Waals surface area contributed by atoms with E-state index in [2.05, 4.69) is 82.0 Å². The number of hydrogen-bond donors (Lipinski definition) is 0. The van der Waals surface area contributed by atoms with Crippen LogP contribution in [0.3, 0.4) is 0 Å². The average molecular weight is 322 g/mol. The molecule has 3 aromatic rings. The Hall–Kier alpha value is -2.27. The maximum absolute atomic E-state index is 4.41. The van der Waals surface area contributed by atoms with Gasteiger partial charge >= 0.3 is 0 Å². The summed E-state index contributed by atoms with van der Waals surface area (Å²) in [6, 6.07) is 17.1. The summed E-state index contributed by atoms with van der Waals surface area (Å²) in [6.45, 7) is 4.99. The van der Waals surface area contributed by atoms with Gasteiger partial charge in [-0.3, -0.25) is 4.57 Å². The van der Waals surface area contributed by atoms with Gasteiger partial charge in [0.25, 0.3) is 0 Å². The Bertz CT molecular complexity index is 821. The van der Waals surface area contributed by atoms with Crippen molar-refractivity contribution in [1.82, 2.24) is 14.8 Å². The fourth-order valence-corrected chi connectivity index (χ4v) is 3.60. The van der Waals surface area contributed by atoms with Gasteiger partial charge in [0.05, 0.1) is 12.5 Å². The molecule has 0 fully saturated rings. The van der Waals surface area contributed by atoms with E-state index in [1.807, 2.05) is 0 Å². The quantitative estimate of drug-likeness (QED) is 0.711. The standard InChI is InChI=1S/C18H18N4S/c1-13-3-7-15(8-4-13)17-19-20-18-22(17)11-21(12-23-18)16-9-5-14(2)6-10-16/h3-10H,11-12H2,1-2H3. The Morgan fingerprint density at radius 2 is 1.52 bits per heavy atom. The van der Waals surface area contributed by atoms with Gasteiger partial charge in [0, 0.05) is 11.3 Å². The molecule has 0 N–H and O–H groups in total. The minimum Gasteiger partial charge on any atom is -0.344 e. The molecule has 23 heavy (non-hydrogen) atoms. The van der Waals surface area contributed by atoms with Gasteiger partial charge in [-0.25, -0.2) is 0 Å². The molecule has 0 bridgehead atoms. The lowest BCUT2D eigenvalue weighted by Crippen LogP contribution is -2.30. The highest BCUT2D eigenvalue weighted by atomic mass is 32.2. The van der Waals surface area contributed by atoms with Gasteiger partial charge < -0.3 is 4.90 Å². The molecule has 1 aliphatic rings. The third-order valence-corrected chi connectivity index (χ3v) is 5.09. The maximum Gasteiger partial charge on any atom is 0.194 e. The van der Waals surface area contributed by atoms with E-state index >= 15 is 0 Å². The number of fused-ring (bicyclic) bond motifs is 1. The van der Waals surface area contributed by atoms with Crippen LogP contribution in [0.4, 0.5) is 5.69 Å². The highest BCUT2D eigenvalue weighted by molar-refractivity contribution is 7.99. The van der Waals surface area contributed by atoms with Crippen molar-refractivity contribution in [2.24, 2.45) is 0 Å². The third-order valence-electron chi connectivity index (χ3n) is 4.09. The summed E-state index contributed by atoms with van der Waals surface area (Å²) in [4.78, 5) is 2.35. The van der Waals surface area contributed by atoms with Crippen LogP contribution in [0.25, 0.3) is 11.4 Å². The molecule has 0 saturated carbocycles. The van der Waals surface area contributed by atoms with Crippen molar-refractivity contribution in [2.45, 2.75) is 25.7 Å². The van der Waals surface area contributed by atoms with Crippen LogP contribution in [0, 0.1) is 13.8 Å². The van der Waals surface area contributed by atoms with Crippen molar-refractivity contribution in [3.63, 3.8) is 0 Å². The SMILES string of the molecule is Cc1ccc(-c2nnc3n2CN(c2ccc(C)cc2)CS3)cc1. The van der Waals surface area contributed by atoms with Crippen molar-refractivity contribution in [3.8, 4) is 11.4 Å². The van der Waals surface area contributed by atoms with Gasteiger partial charge in [0.1, 0.15) is 0 Å². The van der Waals surface area contributed by atoms with Crippen LogP contribution in [0.2, 0.25) is 0 Å². The molecule has 0 aliphatic carbocycles. The minimum absolute atomic E-state index is 0.779. The first-order chi connectivity index (χ1) is 11.2. The maximum atomic E-state index is 4.41. The Kier molecular flexibility index (Phi) is 3.58. The molecule has 0 saturated heterocycles. The molecule has 4 rings (SSSR count). The zero-order valence-corrected chi connectivity index (χ0v) is 14.0. The minimum atomic E-state index is 0.779. The van der Waals surface area contributed by atoms with Crippen molar-refractivity contribution >= 4 is 17.4 Å². The second-order valence-corrected chi connectivity index (χ2v) is 6.80. The Labute approximate surface area is 140 Å². The predicted molar refractivity (Wildman–Crippen MR) is 94.6 cm³/mol. The van der Waals surface area contributed by atoms with Gasteiger partial charge in [-0.05, 0) is 26.0 Å². The van der Waals surface area contributed by atoms with Crippen LogP contribution in [0.1, 0.15) is 11.1 Å². The predicted octanol–water partition coefficient (Wildman–Crippen LogP) is 4.09. The summed E-state index contributed by atoms with van der Waals surface area (Å²) in [7, 11) is 0. The number of benzene rings is 2. The monoisotopic (exact) mass is 322 g/mol. The molecule has 2 aromatic carbocycles. The number of thioether (sulfide) groups is 1. The molecular formula is C18H18N4S. The zero-order valence-electron chi connectivity index (χ0n) is 13.2. The van der Waals surface area contributed by atoms with Crippen LogP contribution in [0.5, 0.6) is 0 Å². The summed E-state index contributed by atoms with van der Waals surface area (Å²) >= 11 is 1.73. The van der Waals surface area contributed by atoms with E-state index < -0.39 is 0 Å². The van der Waals surface area contributed by atoms with Crippen molar-refractivity contribution in [2.75, 3.05) is 10.8 Å². The average Bonchev–Trinajstić information content (AvgIpc) is 2.99. The van der Waals surface area contributed by atoms with E-state index in [1.54, 1.807) is 11.8 Å². The van der Waals surface area contributed by atoms with Gasteiger partial charge in [-0.2, -0.15) is 0 Å². The van der Waals surface area contributed by atoms with Gasteiger partial charge in [-0.1, -0.05) is 59.3 Å². The number of nitrogens with zero attached hydrogens (tertiary/aromatic N) is 4. The first-order valence-corrected chi connectivity index (χ1v) is 8.64. The molecule has 0 spiro atoms. The van der Waals surface area contributed by atoms with Gasteiger partial charge in [0.2, 0.25) is 0 Å². The van der Waals surface area contributed by atoms with Crippen LogP contribution < -0.4 is 4.90 Å². The van der Waals surface area contributed by atoms with Crippen LogP contribution >= 0.6 is 11.8 Å². The molecule has 0 atom stereocenters. The van der Waals surface area contributed by atoms with E-state index in [0.29, 0.717) is 0 Å². The fourth-order valence-electron chi connectivity index (χ4n) is 2.70. The van der Waals surface area contributed by atoms with Crippen molar-refractivity contribution < 1.29 is 0 Å². The molecule has 116 valence electrons. The van der Waals surface area contributed by atoms with E-state index in [-0.39, 0.29) is 0 Å². The highest BCUT2D eigenvalue weighted by Crippen LogP contribution is 2.31. The molecule has 0 radical (unpaired) electrons. The highest BCUT2D eigenvalue weighted by Gasteiger charge is 2.22. The molecule has 5 heteroatoms. The molecule has 0 amide bonds. The van der Waals surface area contributed by atoms with E-state index in [1.165, 1.54) is 16.8 Å². The number of hydrogen-bond acceptors (Lipinski definition) is 4. The normalized spacial score (nSPS) is 13.9. The van der Waals surface area contributed by atoms with Crippen molar-refractivity contribution in [1.29, 1.82) is 0 Å². The lowest BCUT2D eigenvalue weighted by molar-refractivity contribution is 0.608. The molecule has 4 nitrogen and oxygen atoms in total. The largest absolute Gasteiger partial charge is 0.344 e. The number of anilines is 1. The van der Waals surface area contributed by atoms with E-state index in [0.717, 1.165) is 29.1 Å². The molecular weight excluding hydrogens is 304 g/mol. The molecule has 2 heterocycles. The first-order valence-electron chi connectivity index (χ1n) is 7.65. The first kappa shape index (κ1) is 14.3. The fraction of sp³-hybridized carbons (Fsp3) is 0.222. The van der Waals surface area contributed by atoms with Crippen molar-refractivity contribution in [3.05, 3.63) is 59.7 Å². The lowest BCUT2D eigenvalue weighted by Gasteiger charge is -2.29.